The van der Waals surface area contributed by atoms with E-state index < -0.39 is 12.6 Å². The Morgan fingerprint density at radius 2 is 2.09 bits per heavy atom. The summed E-state index contributed by atoms with van der Waals surface area (Å²) in [6, 6.07) is 11.8. The first kappa shape index (κ1) is 12.6. The van der Waals surface area contributed by atoms with Crippen LogP contribution in [0, 0.1) is 0 Å². The summed E-state index contributed by atoms with van der Waals surface area (Å²) in [4.78, 5) is 20.0. The van der Waals surface area contributed by atoms with Crippen molar-refractivity contribution in [3.8, 4) is 0 Å². The lowest BCUT2D eigenvalue weighted by Crippen LogP contribution is -2.13. The normalized spacial score (nSPS) is 12.5. The quantitative estimate of drug-likeness (QED) is 0.586. The molecule has 0 bridgehead atoms. The molecule has 6 nitrogen and oxygen atoms in total. The molecule has 0 unspecified atom stereocenters. The number of benzene rings is 1. The number of aromatic nitrogens is 2. The van der Waals surface area contributed by atoms with E-state index in [9.17, 15) is 4.79 Å². The summed E-state index contributed by atoms with van der Waals surface area (Å²) in [5.41, 5.74) is 2.55. The van der Waals surface area contributed by atoms with Crippen LogP contribution in [0.1, 0.15) is 0 Å². The van der Waals surface area contributed by atoms with Crippen molar-refractivity contribution in [1.29, 1.82) is 0 Å². The lowest BCUT2D eigenvalue weighted by molar-refractivity contribution is -0.142. The number of carbonyl (C=O) groups is 1. The maximum absolute atomic E-state index is 10.6. The van der Waals surface area contributed by atoms with Crippen LogP contribution in [0.5, 0.6) is 0 Å². The molecule has 3 aromatic heterocycles. The van der Waals surface area contributed by atoms with Gasteiger partial charge in [0.2, 0.25) is 6.61 Å². The Morgan fingerprint density at radius 1 is 1.23 bits per heavy atom. The molecule has 4 rings (SSSR count). The van der Waals surface area contributed by atoms with Crippen molar-refractivity contribution in [3.63, 3.8) is 0 Å². The number of carboxylic acid groups (broad SMARTS) is 1. The highest BCUT2D eigenvalue weighted by atomic mass is 16.6. The third-order valence-corrected chi connectivity index (χ3v) is 3.59. The molecule has 0 aliphatic rings. The first-order valence-electron chi connectivity index (χ1n) is 6.73. The van der Waals surface area contributed by atoms with Crippen molar-refractivity contribution in [3.05, 3.63) is 54.1 Å². The van der Waals surface area contributed by atoms with Gasteiger partial charge in [-0.25, -0.2) is 4.79 Å². The number of hydrogen-bond donors (Lipinski definition) is 1. The minimum Gasteiger partial charge on any atom is -0.479 e. The standard InChI is InChI=1S/C16H11N3O3/c20-13(21)9-22-18-15-12-5-2-8-19(12)11-4-1-3-10-6-7-17-16(15)14(10)11/h1-8H,9H2,(H,20,21). The van der Waals surface area contributed by atoms with Crippen LogP contribution in [0.2, 0.25) is 0 Å². The van der Waals surface area contributed by atoms with E-state index in [0.717, 1.165) is 21.8 Å². The van der Waals surface area contributed by atoms with Gasteiger partial charge in [-0.05, 0) is 29.7 Å². The van der Waals surface area contributed by atoms with Crippen LogP contribution in [-0.2, 0) is 9.63 Å². The Balaban J connectivity index is 2.15. The van der Waals surface area contributed by atoms with Crippen molar-refractivity contribution < 1.29 is 14.7 Å². The maximum atomic E-state index is 10.6. The van der Waals surface area contributed by atoms with Gasteiger partial charge in [0.1, 0.15) is 5.52 Å². The zero-order valence-electron chi connectivity index (χ0n) is 11.4. The molecule has 0 aliphatic heterocycles. The number of carboxylic acids is 1. The van der Waals surface area contributed by atoms with Crippen LogP contribution in [-0.4, -0.2) is 27.1 Å². The number of hydrogen-bond acceptors (Lipinski definition) is 4. The van der Waals surface area contributed by atoms with Crippen LogP contribution in [0.4, 0.5) is 0 Å². The average Bonchev–Trinajstić information content (AvgIpc) is 3.00. The van der Waals surface area contributed by atoms with E-state index in [1.165, 1.54) is 0 Å². The van der Waals surface area contributed by atoms with Gasteiger partial charge in [-0.1, -0.05) is 17.3 Å². The van der Waals surface area contributed by atoms with Gasteiger partial charge in [-0.15, -0.1) is 0 Å². The van der Waals surface area contributed by atoms with Crippen molar-refractivity contribution in [2.45, 2.75) is 0 Å². The predicted octanol–water partition coefficient (Wildman–Crippen LogP) is 2.00. The molecular formula is C16H11N3O3. The Kier molecular flexibility index (Phi) is 2.69. The monoisotopic (exact) mass is 293 g/mol. The average molecular weight is 293 g/mol. The minimum absolute atomic E-state index is 0.484. The highest BCUT2D eigenvalue weighted by molar-refractivity contribution is 6.08. The van der Waals surface area contributed by atoms with E-state index in [2.05, 4.69) is 10.1 Å². The maximum Gasteiger partial charge on any atom is 0.344 e. The molecule has 0 amide bonds. The van der Waals surface area contributed by atoms with Gasteiger partial charge in [-0.2, -0.15) is 0 Å². The molecule has 108 valence electrons. The van der Waals surface area contributed by atoms with Crippen LogP contribution in [0.3, 0.4) is 0 Å². The van der Waals surface area contributed by atoms with Crippen LogP contribution < -0.4 is 5.36 Å². The zero-order chi connectivity index (χ0) is 15.1. The summed E-state index contributed by atoms with van der Waals surface area (Å²) in [7, 11) is 0. The summed E-state index contributed by atoms with van der Waals surface area (Å²) >= 11 is 0. The van der Waals surface area contributed by atoms with Gasteiger partial charge in [0.05, 0.1) is 11.0 Å². The van der Waals surface area contributed by atoms with E-state index in [-0.39, 0.29) is 0 Å². The van der Waals surface area contributed by atoms with Crippen molar-refractivity contribution in [1.82, 2.24) is 9.38 Å². The second kappa shape index (κ2) is 4.70. The highest BCUT2D eigenvalue weighted by Gasteiger charge is 2.11. The van der Waals surface area contributed by atoms with Gasteiger partial charge in [0.15, 0.2) is 5.36 Å². The number of rotatable bonds is 3. The largest absolute Gasteiger partial charge is 0.479 e. The summed E-state index contributed by atoms with van der Waals surface area (Å²) in [6.45, 7) is -0.484. The smallest absolute Gasteiger partial charge is 0.344 e. The molecule has 0 aliphatic carbocycles. The van der Waals surface area contributed by atoms with E-state index in [0.29, 0.717) is 10.9 Å². The fraction of sp³-hybridized carbons (Fsp3) is 0.0625. The molecule has 0 radical (unpaired) electrons. The number of fused-ring (bicyclic) bond motifs is 2. The fourth-order valence-electron chi connectivity index (χ4n) is 2.74. The van der Waals surface area contributed by atoms with Crippen molar-refractivity contribution >= 4 is 33.3 Å². The Morgan fingerprint density at radius 3 is 2.95 bits per heavy atom. The SMILES string of the molecule is O=C(O)CON=c1c2nccc3cccc(c32)n2cccc12. The summed E-state index contributed by atoms with van der Waals surface area (Å²) < 4.78 is 2.00. The van der Waals surface area contributed by atoms with E-state index in [1.54, 1.807) is 6.20 Å². The van der Waals surface area contributed by atoms with Crippen molar-refractivity contribution in [2.75, 3.05) is 6.61 Å². The molecule has 0 atom stereocenters. The van der Waals surface area contributed by atoms with E-state index in [1.807, 2.05) is 47.0 Å². The molecular weight excluding hydrogens is 282 g/mol. The molecule has 3 heterocycles. The molecule has 6 heteroatoms. The van der Waals surface area contributed by atoms with Gasteiger partial charge in [-0.3, -0.25) is 4.98 Å². The molecule has 22 heavy (non-hydrogen) atoms. The first-order valence-corrected chi connectivity index (χ1v) is 6.73. The van der Waals surface area contributed by atoms with Gasteiger partial charge in [0.25, 0.3) is 0 Å². The summed E-state index contributed by atoms with van der Waals surface area (Å²) in [5.74, 6) is -1.07. The first-order chi connectivity index (χ1) is 10.8. The van der Waals surface area contributed by atoms with E-state index in [4.69, 9.17) is 9.94 Å². The molecule has 1 N–H and O–H groups in total. The molecule has 0 fully saturated rings. The second-order valence-electron chi connectivity index (χ2n) is 4.91. The molecule has 1 aromatic carbocycles. The second-order valence-corrected chi connectivity index (χ2v) is 4.91. The predicted molar refractivity (Wildman–Crippen MR) is 80.5 cm³/mol. The van der Waals surface area contributed by atoms with E-state index >= 15 is 0 Å². The van der Waals surface area contributed by atoms with Crippen LogP contribution in [0.25, 0.3) is 27.3 Å². The molecule has 0 spiro atoms. The van der Waals surface area contributed by atoms with Gasteiger partial charge < -0.3 is 14.3 Å². The third-order valence-electron chi connectivity index (χ3n) is 3.59. The minimum atomic E-state index is -1.07. The fourth-order valence-corrected chi connectivity index (χ4v) is 2.74. The highest BCUT2D eigenvalue weighted by Crippen LogP contribution is 2.24. The van der Waals surface area contributed by atoms with Crippen LogP contribution in [0.15, 0.2) is 53.9 Å². The topological polar surface area (TPSA) is 76.2 Å². The Labute approximate surface area is 124 Å². The molecule has 4 aromatic rings. The van der Waals surface area contributed by atoms with Crippen LogP contribution >= 0.6 is 0 Å². The Hall–Kier alpha value is -3.15. The zero-order valence-corrected chi connectivity index (χ0v) is 11.4. The number of pyridine rings is 2. The van der Waals surface area contributed by atoms with Gasteiger partial charge in [0, 0.05) is 17.8 Å². The number of aliphatic carboxylic acids is 1. The molecule has 0 saturated carbocycles. The third kappa shape index (κ3) is 1.77. The van der Waals surface area contributed by atoms with Gasteiger partial charge >= 0.3 is 5.97 Å². The number of nitrogens with zero attached hydrogens (tertiary/aromatic N) is 3. The summed E-state index contributed by atoms with van der Waals surface area (Å²) in [6.07, 6.45) is 3.65. The Bertz CT molecular complexity index is 1060. The van der Waals surface area contributed by atoms with Crippen molar-refractivity contribution in [2.24, 2.45) is 5.16 Å². The lowest BCUT2D eigenvalue weighted by Gasteiger charge is -2.08. The molecule has 0 saturated heterocycles. The summed E-state index contributed by atoms with van der Waals surface area (Å²) in [5, 5.41) is 15.3. The lowest BCUT2D eigenvalue weighted by atomic mass is 10.1.